The van der Waals surface area contributed by atoms with Gasteiger partial charge in [0.25, 0.3) is 6.02 Å². The lowest BCUT2D eigenvalue weighted by molar-refractivity contribution is -0.128. The van der Waals surface area contributed by atoms with Gasteiger partial charge in [0.05, 0.1) is 0 Å². The van der Waals surface area contributed by atoms with Crippen molar-refractivity contribution in [1.29, 1.82) is 0 Å². The zero-order chi connectivity index (χ0) is 13.2. The van der Waals surface area contributed by atoms with Gasteiger partial charge in [0.1, 0.15) is 12.6 Å². The first kappa shape index (κ1) is 12.2. The molecule has 3 rings (SSSR count). The van der Waals surface area contributed by atoms with Gasteiger partial charge in [-0.25, -0.2) is 4.99 Å². The first-order chi connectivity index (χ1) is 9.29. The van der Waals surface area contributed by atoms with Crippen LogP contribution in [0.2, 0.25) is 0 Å². The molecule has 2 aliphatic heterocycles. The minimum atomic E-state index is 0.0182. The summed E-state index contributed by atoms with van der Waals surface area (Å²) in [7, 11) is 0. The lowest BCUT2D eigenvalue weighted by Crippen LogP contribution is -2.33. The van der Waals surface area contributed by atoms with Gasteiger partial charge in [-0.1, -0.05) is 37.3 Å². The number of amidine groups is 1. The van der Waals surface area contributed by atoms with Crippen LogP contribution >= 0.6 is 0 Å². The Labute approximate surface area is 113 Å². The normalized spacial score (nSPS) is 26.5. The SMILES string of the molecule is CCC1CCN(C2=NC(c3ccccc3)CO2)C1=O. The van der Waals surface area contributed by atoms with Crippen LogP contribution in [-0.2, 0) is 9.53 Å². The topological polar surface area (TPSA) is 41.9 Å². The quantitative estimate of drug-likeness (QED) is 0.817. The maximum atomic E-state index is 12.1. The molecule has 0 bridgehead atoms. The van der Waals surface area contributed by atoms with Gasteiger partial charge < -0.3 is 4.74 Å². The summed E-state index contributed by atoms with van der Waals surface area (Å²) >= 11 is 0. The molecule has 100 valence electrons. The number of ether oxygens (including phenoxy) is 1. The summed E-state index contributed by atoms with van der Waals surface area (Å²) < 4.78 is 5.62. The lowest BCUT2D eigenvalue weighted by atomic mass is 10.1. The van der Waals surface area contributed by atoms with Crippen molar-refractivity contribution in [3.8, 4) is 0 Å². The van der Waals surface area contributed by atoms with E-state index in [0.717, 1.165) is 24.9 Å². The second-order valence-corrected chi connectivity index (χ2v) is 5.03. The fourth-order valence-electron chi connectivity index (χ4n) is 2.66. The molecule has 0 spiro atoms. The van der Waals surface area contributed by atoms with Gasteiger partial charge in [0, 0.05) is 12.5 Å². The van der Waals surface area contributed by atoms with Crippen LogP contribution in [0.4, 0.5) is 0 Å². The van der Waals surface area contributed by atoms with Gasteiger partial charge in [0.15, 0.2) is 0 Å². The number of amides is 1. The van der Waals surface area contributed by atoms with E-state index < -0.39 is 0 Å². The standard InChI is InChI=1S/C15H18N2O2/c1-2-11-8-9-17(14(11)18)15-16-13(10-19-15)12-6-4-3-5-7-12/h3-7,11,13H,2,8-10H2,1H3. The molecule has 2 unspecified atom stereocenters. The van der Waals surface area contributed by atoms with Gasteiger partial charge in [-0.2, -0.15) is 0 Å². The van der Waals surface area contributed by atoms with E-state index in [2.05, 4.69) is 11.9 Å². The van der Waals surface area contributed by atoms with Gasteiger partial charge in [-0.05, 0) is 18.4 Å². The third-order valence-corrected chi connectivity index (χ3v) is 3.86. The van der Waals surface area contributed by atoms with Crippen LogP contribution in [-0.4, -0.2) is 30.0 Å². The Morgan fingerprint density at radius 3 is 2.84 bits per heavy atom. The molecule has 0 aliphatic carbocycles. The summed E-state index contributed by atoms with van der Waals surface area (Å²) in [5.74, 6) is 0.303. The van der Waals surface area contributed by atoms with Crippen LogP contribution in [0.1, 0.15) is 31.4 Å². The molecule has 2 heterocycles. The van der Waals surface area contributed by atoms with Crippen molar-refractivity contribution in [3.63, 3.8) is 0 Å². The molecule has 0 radical (unpaired) electrons. The van der Waals surface area contributed by atoms with E-state index >= 15 is 0 Å². The van der Waals surface area contributed by atoms with Crippen LogP contribution < -0.4 is 0 Å². The van der Waals surface area contributed by atoms with Crippen molar-refractivity contribution in [2.45, 2.75) is 25.8 Å². The van der Waals surface area contributed by atoms with Crippen LogP contribution in [0.25, 0.3) is 0 Å². The first-order valence-electron chi connectivity index (χ1n) is 6.86. The van der Waals surface area contributed by atoms with Crippen molar-refractivity contribution in [3.05, 3.63) is 35.9 Å². The number of hydrogen-bond donors (Lipinski definition) is 0. The molecule has 0 aromatic heterocycles. The minimum Gasteiger partial charge on any atom is -0.462 e. The Morgan fingerprint density at radius 1 is 1.37 bits per heavy atom. The molecular weight excluding hydrogens is 240 g/mol. The number of carbonyl (C=O) groups excluding carboxylic acids is 1. The Morgan fingerprint density at radius 2 is 2.16 bits per heavy atom. The third-order valence-electron chi connectivity index (χ3n) is 3.86. The molecule has 2 aliphatic rings. The van der Waals surface area contributed by atoms with E-state index in [-0.39, 0.29) is 17.9 Å². The average molecular weight is 258 g/mol. The minimum absolute atomic E-state index is 0.0182. The van der Waals surface area contributed by atoms with Crippen LogP contribution in [0.3, 0.4) is 0 Å². The summed E-state index contributed by atoms with van der Waals surface area (Å²) in [5.41, 5.74) is 1.14. The van der Waals surface area contributed by atoms with E-state index in [0.29, 0.717) is 12.6 Å². The van der Waals surface area contributed by atoms with E-state index in [1.807, 2.05) is 30.3 Å². The zero-order valence-corrected chi connectivity index (χ0v) is 11.1. The molecule has 4 heteroatoms. The Balaban J connectivity index is 1.76. The largest absolute Gasteiger partial charge is 0.462 e. The highest BCUT2D eigenvalue weighted by Crippen LogP contribution is 2.27. The van der Waals surface area contributed by atoms with Crippen LogP contribution in [0.15, 0.2) is 35.3 Å². The predicted octanol–water partition coefficient (Wildman–Crippen LogP) is 2.37. The summed E-state index contributed by atoms with van der Waals surface area (Å²) in [6.07, 6.45) is 1.80. The molecule has 0 N–H and O–H groups in total. The van der Waals surface area contributed by atoms with Gasteiger partial charge >= 0.3 is 0 Å². The number of benzene rings is 1. The number of rotatable bonds is 2. The molecule has 1 amide bonds. The molecule has 1 aromatic rings. The van der Waals surface area contributed by atoms with Gasteiger partial charge in [-0.3, -0.25) is 9.69 Å². The second-order valence-electron chi connectivity index (χ2n) is 5.03. The highest BCUT2D eigenvalue weighted by atomic mass is 16.5. The Kier molecular flexibility index (Phi) is 3.23. The zero-order valence-electron chi connectivity index (χ0n) is 11.1. The predicted molar refractivity (Wildman–Crippen MR) is 72.7 cm³/mol. The van der Waals surface area contributed by atoms with E-state index in [9.17, 15) is 4.79 Å². The summed E-state index contributed by atoms with van der Waals surface area (Å²) in [4.78, 5) is 18.4. The molecule has 19 heavy (non-hydrogen) atoms. The molecule has 1 saturated heterocycles. The van der Waals surface area contributed by atoms with Crippen molar-refractivity contribution < 1.29 is 9.53 Å². The molecule has 4 nitrogen and oxygen atoms in total. The number of carbonyl (C=O) groups is 1. The molecule has 0 saturated carbocycles. The number of nitrogens with zero attached hydrogens (tertiary/aromatic N) is 2. The molecule has 1 fully saturated rings. The fraction of sp³-hybridized carbons (Fsp3) is 0.467. The van der Waals surface area contributed by atoms with Crippen LogP contribution in [0, 0.1) is 5.92 Å². The Hall–Kier alpha value is -1.84. The molecule has 1 aromatic carbocycles. The van der Waals surface area contributed by atoms with Crippen molar-refractivity contribution >= 4 is 11.9 Å². The maximum absolute atomic E-state index is 12.1. The van der Waals surface area contributed by atoms with E-state index in [4.69, 9.17) is 4.74 Å². The number of likely N-dealkylation sites (tertiary alicyclic amines) is 1. The van der Waals surface area contributed by atoms with Gasteiger partial charge in [0.2, 0.25) is 5.91 Å². The molecule has 2 atom stereocenters. The first-order valence-corrected chi connectivity index (χ1v) is 6.86. The van der Waals surface area contributed by atoms with Gasteiger partial charge in [-0.15, -0.1) is 0 Å². The third kappa shape index (κ3) is 2.23. The summed E-state index contributed by atoms with van der Waals surface area (Å²) in [6, 6.07) is 10.6. The number of hydrogen-bond acceptors (Lipinski definition) is 3. The van der Waals surface area contributed by atoms with E-state index in [1.54, 1.807) is 4.90 Å². The maximum Gasteiger partial charge on any atom is 0.294 e. The monoisotopic (exact) mass is 258 g/mol. The number of aliphatic imine (C=N–C) groups is 1. The highest BCUT2D eigenvalue weighted by molar-refractivity contribution is 5.97. The van der Waals surface area contributed by atoms with E-state index in [1.165, 1.54) is 0 Å². The fourth-order valence-corrected chi connectivity index (χ4v) is 2.66. The highest BCUT2D eigenvalue weighted by Gasteiger charge is 2.36. The van der Waals surface area contributed by atoms with Crippen molar-refractivity contribution in [2.24, 2.45) is 10.9 Å². The average Bonchev–Trinajstić information content (AvgIpc) is 3.06. The smallest absolute Gasteiger partial charge is 0.294 e. The second kappa shape index (κ2) is 5.03. The van der Waals surface area contributed by atoms with Crippen molar-refractivity contribution in [2.75, 3.05) is 13.2 Å². The molecular formula is C15H18N2O2. The lowest BCUT2D eigenvalue weighted by Gasteiger charge is -2.14. The van der Waals surface area contributed by atoms with Crippen LogP contribution in [0.5, 0.6) is 0 Å². The summed E-state index contributed by atoms with van der Waals surface area (Å²) in [5, 5.41) is 0. The Bertz CT molecular complexity index is 498. The van der Waals surface area contributed by atoms with Crippen molar-refractivity contribution in [1.82, 2.24) is 4.90 Å². The summed E-state index contributed by atoms with van der Waals surface area (Å²) in [6.45, 7) is 3.31.